The highest BCUT2D eigenvalue weighted by atomic mass is 35.5. The predicted octanol–water partition coefficient (Wildman–Crippen LogP) is 2.37. The fourth-order valence-electron chi connectivity index (χ4n) is 2.30. The highest BCUT2D eigenvalue weighted by Gasteiger charge is 2.11. The van der Waals surface area contributed by atoms with Gasteiger partial charge in [-0.15, -0.1) is 0 Å². The van der Waals surface area contributed by atoms with Gasteiger partial charge in [0.15, 0.2) is 0 Å². The van der Waals surface area contributed by atoms with Crippen LogP contribution in [0.15, 0.2) is 59.1 Å². The van der Waals surface area contributed by atoms with Crippen LogP contribution < -0.4 is 10.6 Å². The van der Waals surface area contributed by atoms with E-state index in [1.165, 1.54) is 0 Å². The van der Waals surface area contributed by atoms with Gasteiger partial charge in [-0.25, -0.2) is 0 Å². The first-order valence-corrected chi connectivity index (χ1v) is 8.64. The van der Waals surface area contributed by atoms with Crippen molar-refractivity contribution in [3.8, 4) is 11.4 Å². The van der Waals surface area contributed by atoms with Gasteiger partial charge in [-0.1, -0.05) is 47.1 Å². The third-order valence-electron chi connectivity index (χ3n) is 3.66. The van der Waals surface area contributed by atoms with Crippen molar-refractivity contribution in [2.45, 2.75) is 13.0 Å². The Hall–Kier alpha value is -3.19. The Labute approximate surface area is 160 Å². The molecule has 0 radical (unpaired) electrons. The van der Waals surface area contributed by atoms with Crippen LogP contribution in [0.5, 0.6) is 0 Å². The van der Waals surface area contributed by atoms with Crippen molar-refractivity contribution in [2.75, 3.05) is 6.54 Å². The number of nitrogens with one attached hydrogen (secondary N) is 2. The first kappa shape index (κ1) is 18.6. The lowest BCUT2D eigenvalue weighted by molar-refractivity contribution is -0.125. The standard InChI is InChI=1S/C19H17ClN4O3/c20-15-8-6-14(7-9-15)19-23-18(27-24-19)12-22-17(26)11-21-16(25)10-13-4-2-1-3-5-13/h1-9H,10-12H2,(H,21,25)(H,22,26). The summed E-state index contributed by atoms with van der Waals surface area (Å²) in [5.74, 6) is 0.109. The van der Waals surface area contributed by atoms with E-state index in [1.54, 1.807) is 24.3 Å². The first-order valence-electron chi connectivity index (χ1n) is 8.26. The number of carbonyl (C=O) groups excluding carboxylic acids is 2. The van der Waals surface area contributed by atoms with E-state index < -0.39 is 0 Å². The normalized spacial score (nSPS) is 10.4. The molecule has 0 aliphatic carbocycles. The molecule has 0 fully saturated rings. The highest BCUT2D eigenvalue weighted by Crippen LogP contribution is 2.18. The Balaban J connectivity index is 1.43. The van der Waals surface area contributed by atoms with Gasteiger partial charge in [-0.3, -0.25) is 9.59 Å². The maximum atomic E-state index is 11.9. The summed E-state index contributed by atoms with van der Waals surface area (Å²) < 4.78 is 5.11. The van der Waals surface area contributed by atoms with Gasteiger partial charge in [0.1, 0.15) is 0 Å². The number of halogens is 1. The zero-order valence-corrected chi connectivity index (χ0v) is 15.1. The number of rotatable bonds is 7. The molecule has 138 valence electrons. The second kappa shape index (κ2) is 8.95. The lowest BCUT2D eigenvalue weighted by Crippen LogP contribution is -2.37. The van der Waals surface area contributed by atoms with Gasteiger partial charge in [0, 0.05) is 10.6 Å². The summed E-state index contributed by atoms with van der Waals surface area (Å²) >= 11 is 5.84. The molecule has 2 aromatic carbocycles. The van der Waals surface area contributed by atoms with Crippen LogP contribution in [0.3, 0.4) is 0 Å². The third-order valence-corrected chi connectivity index (χ3v) is 3.91. The summed E-state index contributed by atoms with van der Waals surface area (Å²) in [5.41, 5.74) is 1.64. The maximum Gasteiger partial charge on any atom is 0.246 e. The van der Waals surface area contributed by atoms with E-state index in [0.29, 0.717) is 10.8 Å². The van der Waals surface area contributed by atoms with Crippen LogP contribution in [0.4, 0.5) is 0 Å². The van der Waals surface area contributed by atoms with Crippen molar-refractivity contribution >= 4 is 23.4 Å². The van der Waals surface area contributed by atoms with Crippen LogP contribution >= 0.6 is 11.6 Å². The molecule has 0 saturated carbocycles. The van der Waals surface area contributed by atoms with Crippen LogP contribution in [0.2, 0.25) is 5.02 Å². The summed E-state index contributed by atoms with van der Waals surface area (Å²) in [4.78, 5) is 27.9. The fourth-order valence-corrected chi connectivity index (χ4v) is 2.43. The van der Waals surface area contributed by atoms with Crippen molar-refractivity contribution in [3.63, 3.8) is 0 Å². The number of nitrogens with zero attached hydrogens (tertiary/aromatic N) is 2. The molecule has 1 heterocycles. The molecule has 2 amide bonds. The molecule has 0 atom stereocenters. The Kier molecular flexibility index (Phi) is 6.17. The number of carbonyl (C=O) groups is 2. The zero-order chi connectivity index (χ0) is 19.1. The van der Waals surface area contributed by atoms with E-state index in [1.807, 2.05) is 30.3 Å². The minimum Gasteiger partial charge on any atom is -0.347 e. The van der Waals surface area contributed by atoms with Gasteiger partial charge >= 0.3 is 0 Å². The fraction of sp³-hybridized carbons (Fsp3) is 0.158. The number of hydrogen-bond donors (Lipinski definition) is 2. The summed E-state index contributed by atoms with van der Waals surface area (Å²) in [5, 5.41) is 9.67. The average Bonchev–Trinajstić information content (AvgIpc) is 3.15. The Morgan fingerprint density at radius 2 is 1.70 bits per heavy atom. The Morgan fingerprint density at radius 1 is 0.963 bits per heavy atom. The third kappa shape index (κ3) is 5.65. The van der Waals surface area contributed by atoms with E-state index in [0.717, 1.165) is 11.1 Å². The van der Waals surface area contributed by atoms with Crippen LogP contribution in [-0.2, 0) is 22.6 Å². The number of aromatic nitrogens is 2. The molecule has 8 heteroatoms. The molecule has 0 bridgehead atoms. The first-order chi connectivity index (χ1) is 13.1. The SMILES string of the molecule is O=C(CNC(=O)Cc1ccccc1)NCc1nc(-c2ccc(Cl)cc2)no1. The van der Waals surface area contributed by atoms with Crippen LogP contribution in [0.25, 0.3) is 11.4 Å². The van der Waals surface area contributed by atoms with Gasteiger partial charge in [0.2, 0.25) is 23.5 Å². The van der Waals surface area contributed by atoms with E-state index >= 15 is 0 Å². The Bertz CT molecular complexity index is 910. The molecule has 2 N–H and O–H groups in total. The van der Waals surface area contributed by atoms with Gasteiger partial charge < -0.3 is 15.2 Å². The molecule has 0 aliphatic rings. The molecule has 3 aromatic rings. The van der Waals surface area contributed by atoms with Gasteiger partial charge in [-0.05, 0) is 29.8 Å². The van der Waals surface area contributed by atoms with Crippen molar-refractivity contribution in [2.24, 2.45) is 0 Å². The molecular weight excluding hydrogens is 368 g/mol. The molecule has 0 saturated heterocycles. The van der Waals surface area contributed by atoms with E-state index in [-0.39, 0.29) is 37.2 Å². The molecule has 0 spiro atoms. The second-order valence-electron chi connectivity index (χ2n) is 5.73. The van der Waals surface area contributed by atoms with Crippen molar-refractivity contribution in [3.05, 3.63) is 71.1 Å². The smallest absolute Gasteiger partial charge is 0.246 e. The quantitative estimate of drug-likeness (QED) is 0.651. The second-order valence-corrected chi connectivity index (χ2v) is 6.17. The molecule has 7 nitrogen and oxygen atoms in total. The van der Waals surface area contributed by atoms with Crippen molar-refractivity contribution in [1.29, 1.82) is 0 Å². The molecule has 3 rings (SSSR count). The molecular formula is C19H17ClN4O3. The zero-order valence-electron chi connectivity index (χ0n) is 14.3. The number of amides is 2. The average molecular weight is 385 g/mol. The monoisotopic (exact) mass is 384 g/mol. The predicted molar refractivity (Wildman–Crippen MR) is 99.7 cm³/mol. The molecule has 0 aliphatic heterocycles. The van der Waals surface area contributed by atoms with Gasteiger partial charge in [0.05, 0.1) is 19.5 Å². The minimum absolute atomic E-state index is 0.0774. The van der Waals surface area contributed by atoms with Crippen molar-refractivity contribution in [1.82, 2.24) is 20.8 Å². The highest BCUT2D eigenvalue weighted by molar-refractivity contribution is 6.30. The van der Waals surface area contributed by atoms with Crippen LogP contribution in [0, 0.1) is 0 Å². The van der Waals surface area contributed by atoms with Gasteiger partial charge in [0.25, 0.3) is 0 Å². The van der Waals surface area contributed by atoms with Crippen LogP contribution in [-0.4, -0.2) is 28.5 Å². The topological polar surface area (TPSA) is 97.1 Å². The molecule has 1 aromatic heterocycles. The summed E-state index contributed by atoms with van der Waals surface area (Å²) in [6.07, 6.45) is 0.224. The molecule has 27 heavy (non-hydrogen) atoms. The lowest BCUT2D eigenvalue weighted by Gasteiger charge is -2.05. The van der Waals surface area contributed by atoms with E-state index in [9.17, 15) is 9.59 Å². The maximum absolute atomic E-state index is 11.9. The lowest BCUT2D eigenvalue weighted by atomic mass is 10.1. The minimum atomic E-state index is -0.345. The van der Waals surface area contributed by atoms with E-state index in [4.69, 9.17) is 16.1 Å². The summed E-state index contributed by atoms with van der Waals surface area (Å²) in [7, 11) is 0. The number of hydrogen-bond acceptors (Lipinski definition) is 5. The van der Waals surface area contributed by atoms with Crippen molar-refractivity contribution < 1.29 is 14.1 Å². The summed E-state index contributed by atoms with van der Waals surface area (Å²) in [6.45, 7) is -0.0438. The van der Waals surface area contributed by atoms with E-state index in [2.05, 4.69) is 20.8 Å². The largest absolute Gasteiger partial charge is 0.347 e. The summed E-state index contributed by atoms with van der Waals surface area (Å²) in [6, 6.07) is 16.3. The molecule has 0 unspecified atom stereocenters. The van der Waals surface area contributed by atoms with Crippen LogP contribution in [0.1, 0.15) is 11.5 Å². The number of benzene rings is 2. The Morgan fingerprint density at radius 3 is 2.44 bits per heavy atom. The van der Waals surface area contributed by atoms with Gasteiger partial charge in [-0.2, -0.15) is 4.98 Å².